The van der Waals surface area contributed by atoms with Crippen LogP contribution < -0.4 is 10.9 Å². The maximum absolute atomic E-state index is 11.6. The second-order valence-electron chi connectivity index (χ2n) is 4.39. The molecule has 0 spiro atoms. The van der Waals surface area contributed by atoms with Crippen molar-refractivity contribution in [3.8, 4) is 0 Å². The molecule has 1 aromatic carbocycles. The van der Waals surface area contributed by atoms with E-state index in [0.29, 0.717) is 5.39 Å². The van der Waals surface area contributed by atoms with Gasteiger partial charge in [0.15, 0.2) is 0 Å². The van der Waals surface area contributed by atoms with Crippen molar-refractivity contribution >= 4 is 10.8 Å². The number of rotatable bonds is 5. The van der Waals surface area contributed by atoms with Crippen LogP contribution in [0.15, 0.2) is 29.1 Å². The van der Waals surface area contributed by atoms with Crippen LogP contribution in [0.3, 0.4) is 0 Å². The maximum Gasteiger partial charge on any atom is 0.272 e. The van der Waals surface area contributed by atoms with Crippen molar-refractivity contribution in [2.45, 2.75) is 6.54 Å². The summed E-state index contributed by atoms with van der Waals surface area (Å²) in [4.78, 5) is 13.8. The number of nitrogens with zero attached hydrogens (tertiary/aromatic N) is 2. The van der Waals surface area contributed by atoms with E-state index in [4.69, 9.17) is 0 Å². The zero-order chi connectivity index (χ0) is 13.0. The summed E-state index contributed by atoms with van der Waals surface area (Å²) < 4.78 is 0. The highest BCUT2D eigenvalue weighted by atomic mass is 16.1. The molecule has 1 aromatic heterocycles. The molecule has 0 radical (unpaired) electrons. The van der Waals surface area contributed by atoms with Crippen LogP contribution in [0, 0.1) is 0 Å². The summed E-state index contributed by atoms with van der Waals surface area (Å²) in [6.45, 7) is 2.59. The Labute approximate surface area is 106 Å². The molecule has 0 aliphatic carbocycles. The lowest BCUT2D eigenvalue weighted by Crippen LogP contribution is -2.28. The van der Waals surface area contributed by atoms with Gasteiger partial charge in [-0.2, -0.15) is 5.10 Å². The van der Waals surface area contributed by atoms with Gasteiger partial charge in [0.2, 0.25) is 0 Å². The van der Waals surface area contributed by atoms with Gasteiger partial charge in [0.1, 0.15) is 0 Å². The van der Waals surface area contributed by atoms with E-state index in [2.05, 4.69) is 20.4 Å². The first-order valence-corrected chi connectivity index (χ1v) is 6.02. The van der Waals surface area contributed by atoms with E-state index in [1.165, 1.54) is 0 Å². The molecule has 0 unspecified atom stereocenters. The third kappa shape index (κ3) is 2.75. The van der Waals surface area contributed by atoms with Crippen LogP contribution in [0.1, 0.15) is 5.69 Å². The molecule has 0 aliphatic heterocycles. The number of aromatic amines is 1. The Hall–Kier alpha value is -1.72. The van der Waals surface area contributed by atoms with Crippen LogP contribution in [-0.4, -0.2) is 42.3 Å². The summed E-state index contributed by atoms with van der Waals surface area (Å²) in [6, 6.07) is 7.57. The van der Waals surface area contributed by atoms with Crippen molar-refractivity contribution in [3.63, 3.8) is 0 Å². The molecule has 5 heteroatoms. The average Bonchev–Trinajstić information content (AvgIpc) is 2.40. The molecule has 0 saturated heterocycles. The summed E-state index contributed by atoms with van der Waals surface area (Å²) in [7, 11) is 3.97. The fourth-order valence-corrected chi connectivity index (χ4v) is 1.93. The number of aromatic nitrogens is 2. The molecule has 0 bridgehead atoms. The van der Waals surface area contributed by atoms with Gasteiger partial charge < -0.3 is 5.32 Å². The Morgan fingerprint density at radius 1 is 1.33 bits per heavy atom. The number of H-pyrrole nitrogens is 1. The lowest BCUT2D eigenvalue weighted by atomic mass is 10.1. The third-order valence-electron chi connectivity index (χ3n) is 2.94. The first kappa shape index (κ1) is 12.7. The monoisotopic (exact) mass is 246 g/mol. The lowest BCUT2D eigenvalue weighted by Gasteiger charge is -2.16. The van der Waals surface area contributed by atoms with Gasteiger partial charge in [0, 0.05) is 25.0 Å². The number of likely N-dealkylation sites (N-methyl/N-ethyl adjacent to an activating group) is 2. The molecule has 2 rings (SSSR count). The van der Waals surface area contributed by atoms with Crippen LogP contribution in [0.5, 0.6) is 0 Å². The Bertz CT molecular complexity index is 578. The van der Waals surface area contributed by atoms with E-state index in [9.17, 15) is 4.79 Å². The Morgan fingerprint density at radius 2 is 2.06 bits per heavy atom. The minimum atomic E-state index is -0.132. The van der Waals surface area contributed by atoms with E-state index in [-0.39, 0.29) is 5.56 Å². The second-order valence-corrected chi connectivity index (χ2v) is 4.39. The Kier molecular flexibility index (Phi) is 4.07. The molecule has 0 atom stereocenters. The topological polar surface area (TPSA) is 61.0 Å². The molecule has 96 valence electrons. The molecule has 5 nitrogen and oxygen atoms in total. The molecular formula is C13H18N4O. The van der Waals surface area contributed by atoms with Gasteiger partial charge in [-0.05, 0) is 20.2 Å². The second kappa shape index (κ2) is 5.75. The van der Waals surface area contributed by atoms with Crippen LogP contribution in [-0.2, 0) is 6.54 Å². The molecule has 18 heavy (non-hydrogen) atoms. The molecule has 2 N–H and O–H groups in total. The van der Waals surface area contributed by atoms with Crippen molar-refractivity contribution in [2.24, 2.45) is 0 Å². The van der Waals surface area contributed by atoms with Gasteiger partial charge in [0.05, 0.1) is 11.1 Å². The summed E-state index contributed by atoms with van der Waals surface area (Å²) in [5, 5.41) is 11.4. The van der Waals surface area contributed by atoms with Crippen molar-refractivity contribution in [1.29, 1.82) is 0 Å². The first-order chi connectivity index (χ1) is 8.72. The predicted octanol–water partition coefficient (Wildman–Crippen LogP) is 0.574. The average molecular weight is 246 g/mol. The number of nitrogens with one attached hydrogen (secondary N) is 2. The summed E-state index contributed by atoms with van der Waals surface area (Å²) >= 11 is 0. The minimum absolute atomic E-state index is 0.132. The highest BCUT2D eigenvalue weighted by Gasteiger charge is 2.07. The summed E-state index contributed by atoms with van der Waals surface area (Å²) in [6.07, 6.45) is 0. The highest BCUT2D eigenvalue weighted by Crippen LogP contribution is 2.13. The highest BCUT2D eigenvalue weighted by molar-refractivity contribution is 5.83. The Balaban J connectivity index is 2.29. The van der Waals surface area contributed by atoms with E-state index in [1.54, 1.807) is 0 Å². The van der Waals surface area contributed by atoms with Gasteiger partial charge in [-0.15, -0.1) is 0 Å². The van der Waals surface area contributed by atoms with Crippen molar-refractivity contribution < 1.29 is 0 Å². The number of fused-ring (bicyclic) bond motifs is 1. The largest absolute Gasteiger partial charge is 0.318 e. The van der Waals surface area contributed by atoms with Gasteiger partial charge in [-0.1, -0.05) is 18.2 Å². The fraction of sp³-hybridized carbons (Fsp3) is 0.385. The standard InChI is InChI=1S/C13H18N4O/c1-14-7-8-17(2)9-12-10-5-3-4-6-11(10)13(18)16-15-12/h3-6,14H,7-9H2,1-2H3,(H,16,18). The van der Waals surface area contributed by atoms with E-state index in [0.717, 1.165) is 30.7 Å². The normalized spacial score (nSPS) is 11.3. The molecule has 1 heterocycles. The molecule has 0 fully saturated rings. The van der Waals surface area contributed by atoms with Crippen LogP contribution in [0.4, 0.5) is 0 Å². The quantitative estimate of drug-likeness (QED) is 0.810. The zero-order valence-corrected chi connectivity index (χ0v) is 10.7. The van der Waals surface area contributed by atoms with Crippen LogP contribution in [0.2, 0.25) is 0 Å². The molecule has 2 aromatic rings. The fourth-order valence-electron chi connectivity index (χ4n) is 1.93. The smallest absolute Gasteiger partial charge is 0.272 e. The van der Waals surface area contributed by atoms with Crippen molar-refractivity contribution in [1.82, 2.24) is 20.4 Å². The summed E-state index contributed by atoms with van der Waals surface area (Å²) in [5.41, 5.74) is 0.774. The maximum atomic E-state index is 11.6. The summed E-state index contributed by atoms with van der Waals surface area (Å²) in [5.74, 6) is 0. The lowest BCUT2D eigenvalue weighted by molar-refractivity contribution is 0.324. The molecule has 0 amide bonds. The number of benzene rings is 1. The Morgan fingerprint density at radius 3 is 2.78 bits per heavy atom. The van der Waals surface area contributed by atoms with Crippen LogP contribution in [0.25, 0.3) is 10.8 Å². The molecule has 0 saturated carbocycles. The SMILES string of the molecule is CNCCN(C)Cc1n[nH]c(=O)c2ccccc12. The number of hydrogen-bond acceptors (Lipinski definition) is 4. The van der Waals surface area contributed by atoms with Crippen molar-refractivity contribution in [2.75, 3.05) is 27.2 Å². The zero-order valence-electron chi connectivity index (χ0n) is 10.7. The van der Waals surface area contributed by atoms with Crippen LogP contribution >= 0.6 is 0 Å². The van der Waals surface area contributed by atoms with Gasteiger partial charge >= 0.3 is 0 Å². The minimum Gasteiger partial charge on any atom is -0.318 e. The van der Waals surface area contributed by atoms with Gasteiger partial charge in [0.25, 0.3) is 5.56 Å². The van der Waals surface area contributed by atoms with E-state index in [1.807, 2.05) is 38.4 Å². The molecular weight excluding hydrogens is 228 g/mol. The molecule has 0 aliphatic rings. The first-order valence-electron chi connectivity index (χ1n) is 6.02. The van der Waals surface area contributed by atoms with Crippen molar-refractivity contribution in [3.05, 3.63) is 40.3 Å². The predicted molar refractivity (Wildman–Crippen MR) is 72.6 cm³/mol. The number of hydrogen-bond donors (Lipinski definition) is 2. The third-order valence-corrected chi connectivity index (χ3v) is 2.94. The van der Waals surface area contributed by atoms with Gasteiger partial charge in [-0.25, -0.2) is 5.10 Å². The van der Waals surface area contributed by atoms with Gasteiger partial charge in [-0.3, -0.25) is 9.69 Å². The van der Waals surface area contributed by atoms with E-state index >= 15 is 0 Å². The van der Waals surface area contributed by atoms with E-state index < -0.39 is 0 Å².